The Morgan fingerprint density at radius 1 is 1.22 bits per heavy atom. The van der Waals surface area contributed by atoms with Gasteiger partial charge in [-0.3, -0.25) is 4.79 Å². The van der Waals surface area contributed by atoms with E-state index in [0.717, 1.165) is 0 Å². The average Bonchev–Trinajstić information content (AvgIpc) is 2.55. The average molecular weight is 380 g/mol. The van der Waals surface area contributed by atoms with Gasteiger partial charge < -0.3 is 15.0 Å². The Hall–Kier alpha value is -1.17. The first-order chi connectivity index (χ1) is 11.0. The van der Waals surface area contributed by atoms with Gasteiger partial charge in [-0.05, 0) is 31.0 Å². The smallest absolute Gasteiger partial charge is 0.409 e. The second kappa shape index (κ2) is 8.62. The Kier molecular flexibility index (Phi) is 6.81. The third-order valence-corrected chi connectivity index (χ3v) is 4.47. The summed E-state index contributed by atoms with van der Waals surface area (Å²) in [6.07, 6.45) is 0.978. The number of carbonyl (C=O) groups excluding carboxylic acids is 2. The van der Waals surface area contributed by atoms with Crippen molar-refractivity contribution in [1.82, 2.24) is 10.2 Å². The van der Waals surface area contributed by atoms with E-state index >= 15 is 0 Å². The molecule has 1 aromatic carbocycles. The number of ether oxygens (including phenoxy) is 1. The van der Waals surface area contributed by atoms with Crippen LogP contribution in [0.4, 0.5) is 4.79 Å². The summed E-state index contributed by atoms with van der Waals surface area (Å²) in [5.74, 6) is 0.0776. The molecule has 0 saturated carbocycles. The zero-order valence-corrected chi connectivity index (χ0v) is 14.6. The van der Waals surface area contributed by atoms with Gasteiger partial charge in [0.25, 0.3) is 5.91 Å². The van der Waals surface area contributed by atoms with Crippen LogP contribution >= 0.6 is 34.8 Å². The third kappa shape index (κ3) is 5.16. The van der Waals surface area contributed by atoms with E-state index in [1.165, 1.54) is 6.07 Å². The molecule has 1 fully saturated rings. The first-order valence-corrected chi connectivity index (χ1v) is 8.54. The molecule has 0 spiro atoms. The molecule has 5 nitrogen and oxygen atoms in total. The van der Waals surface area contributed by atoms with Gasteiger partial charge in [-0.2, -0.15) is 0 Å². The summed E-state index contributed by atoms with van der Waals surface area (Å²) >= 11 is 17.2. The van der Waals surface area contributed by atoms with E-state index in [2.05, 4.69) is 5.32 Å². The normalized spacial score (nSPS) is 15.3. The molecule has 1 N–H and O–H groups in total. The number of carbonyl (C=O) groups is 2. The van der Waals surface area contributed by atoms with Gasteiger partial charge in [0.2, 0.25) is 0 Å². The van der Waals surface area contributed by atoms with Gasteiger partial charge in [0.15, 0.2) is 0 Å². The number of rotatable bonds is 4. The molecule has 1 aliphatic rings. The molecule has 0 atom stereocenters. The highest BCUT2D eigenvalue weighted by Crippen LogP contribution is 2.22. The van der Waals surface area contributed by atoms with E-state index in [1.807, 2.05) is 0 Å². The maximum Gasteiger partial charge on any atom is 0.409 e. The van der Waals surface area contributed by atoms with Gasteiger partial charge in [0.1, 0.15) is 6.61 Å². The Balaban J connectivity index is 1.82. The molecule has 1 saturated heterocycles. The lowest BCUT2D eigenvalue weighted by atomic mass is 10.0. The molecule has 23 heavy (non-hydrogen) atoms. The van der Waals surface area contributed by atoms with E-state index in [0.29, 0.717) is 41.5 Å². The lowest BCUT2D eigenvalue weighted by molar-refractivity contribution is 0.0862. The minimum absolute atomic E-state index is 0.00836. The summed E-state index contributed by atoms with van der Waals surface area (Å²) in [7, 11) is 0. The minimum atomic E-state index is -0.361. The summed E-state index contributed by atoms with van der Waals surface area (Å²) < 4.78 is 4.98. The van der Waals surface area contributed by atoms with Gasteiger partial charge in [-0.25, -0.2) is 4.79 Å². The highest BCUT2D eigenvalue weighted by atomic mass is 35.5. The molecule has 1 aliphatic heterocycles. The molecule has 0 aromatic heterocycles. The fraction of sp³-hybridized carbons (Fsp3) is 0.467. The van der Waals surface area contributed by atoms with Crippen LogP contribution in [0.2, 0.25) is 10.0 Å². The van der Waals surface area contributed by atoms with Crippen LogP contribution in [0.5, 0.6) is 0 Å². The molecule has 0 aliphatic carbocycles. The van der Waals surface area contributed by atoms with Crippen LogP contribution in [0.15, 0.2) is 18.2 Å². The standard InChI is InChI=1S/C15H17Cl3N2O3/c16-5-8-23-15(22)20-6-3-11(4-7-20)19-14(21)10-1-2-12(17)13(18)9-10/h1-2,9,11H,3-8H2,(H,19,21). The second-order valence-corrected chi connectivity index (χ2v) is 6.36. The van der Waals surface area contributed by atoms with Crippen LogP contribution < -0.4 is 5.32 Å². The zero-order valence-electron chi connectivity index (χ0n) is 12.4. The minimum Gasteiger partial charge on any atom is -0.448 e. The maximum atomic E-state index is 12.2. The van der Waals surface area contributed by atoms with E-state index in [1.54, 1.807) is 17.0 Å². The third-order valence-electron chi connectivity index (χ3n) is 3.57. The Morgan fingerprint density at radius 3 is 2.52 bits per heavy atom. The van der Waals surface area contributed by atoms with Crippen LogP contribution in [0, 0.1) is 0 Å². The summed E-state index contributed by atoms with van der Waals surface area (Å²) in [5, 5.41) is 3.70. The monoisotopic (exact) mass is 378 g/mol. The Morgan fingerprint density at radius 2 is 1.91 bits per heavy atom. The molecule has 8 heteroatoms. The molecular weight excluding hydrogens is 363 g/mol. The number of piperidine rings is 1. The first-order valence-electron chi connectivity index (χ1n) is 7.25. The Labute approximate surface area is 149 Å². The second-order valence-electron chi connectivity index (χ2n) is 5.17. The van der Waals surface area contributed by atoms with E-state index in [4.69, 9.17) is 39.5 Å². The summed E-state index contributed by atoms with van der Waals surface area (Å²) in [4.78, 5) is 25.5. The van der Waals surface area contributed by atoms with Gasteiger partial charge in [-0.15, -0.1) is 11.6 Å². The number of benzene rings is 1. The van der Waals surface area contributed by atoms with Gasteiger partial charge in [0.05, 0.1) is 15.9 Å². The van der Waals surface area contributed by atoms with Crippen molar-refractivity contribution in [3.05, 3.63) is 33.8 Å². The summed E-state index contributed by atoms with van der Waals surface area (Å²) in [6, 6.07) is 4.77. The predicted molar refractivity (Wildman–Crippen MR) is 90.6 cm³/mol. The number of nitrogens with zero attached hydrogens (tertiary/aromatic N) is 1. The van der Waals surface area contributed by atoms with E-state index in [9.17, 15) is 9.59 Å². The lowest BCUT2D eigenvalue weighted by Crippen LogP contribution is -2.46. The Bertz CT molecular complexity index is 575. The molecule has 2 rings (SSSR count). The van der Waals surface area contributed by atoms with Crippen LogP contribution in [-0.4, -0.2) is 48.5 Å². The van der Waals surface area contributed by atoms with E-state index in [-0.39, 0.29) is 30.5 Å². The number of hydrogen-bond acceptors (Lipinski definition) is 3. The number of amides is 2. The van der Waals surface area contributed by atoms with Crippen molar-refractivity contribution < 1.29 is 14.3 Å². The van der Waals surface area contributed by atoms with Crippen molar-refractivity contribution in [3.63, 3.8) is 0 Å². The molecule has 126 valence electrons. The molecule has 1 aromatic rings. The number of hydrogen-bond donors (Lipinski definition) is 1. The fourth-order valence-electron chi connectivity index (χ4n) is 2.33. The molecular formula is C15H17Cl3N2O3. The van der Waals surface area contributed by atoms with Crippen molar-refractivity contribution in [3.8, 4) is 0 Å². The van der Waals surface area contributed by atoms with Crippen molar-refractivity contribution in [2.24, 2.45) is 0 Å². The molecule has 2 amide bonds. The number of halogens is 3. The molecule has 0 unspecified atom stereocenters. The predicted octanol–water partition coefficient (Wildman–Crippen LogP) is 3.56. The summed E-state index contributed by atoms with van der Waals surface area (Å²) in [6.45, 7) is 1.27. The summed E-state index contributed by atoms with van der Waals surface area (Å²) in [5.41, 5.74) is 0.461. The quantitative estimate of drug-likeness (QED) is 0.814. The van der Waals surface area contributed by atoms with Crippen molar-refractivity contribution in [2.45, 2.75) is 18.9 Å². The highest BCUT2D eigenvalue weighted by molar-refractivity contribution is 6.42. The zero-order chi connectivity index (χ0) is 16.8. The SMILES string of the molecule is O=C(NC1CCN(C(=O)OCCCl)CC1)c1ccc(Cl)c(Cl)c1. The largest absolute Gasteiger partial charge is 0.448 e. The molecule has 0 radical (unpaired) electrons. The number of nitrogens with one attached hydrogen (secondary N) is 1. The van der Waals surface area contributed by atoms with Crippen LogP contribution in [-0.2, 0) is 4.74 Å². The maximum absolute atomic E-state index is 12.2. The highest BCUT2D eigenvalue weighted by Gasteiger charge is 2.25. The fourth-order valence-corrected chi connectivity index (χ4v) is 2.70. The van der Waals surface area contributed by atoms with Crippen molar-refractivity contribution in [2.75, 3.05) is 25.6 Å². The number of likely N-dealkylation sites (tertiary alicyclic amines) is 1. The topological polar surface area (TPSA) is 58.6 Å². The first kappa shape index (κ1) is 18.2. The van der Waals surface area contributed by atoms with E-state index < -0.39 is 0 Å². The van der Waals surface area contributed by atoms with Crippen molar-refractivity contribution in [1.29, 1.82) is 0 Å². The van der Waals surface area contributed by atoms with Crippen LogP contribution in [0.25, 0.3) is 0 Å². The number of alkyl halides is 1. The van der Waals surface area contributed by atoms with Crippen molar-refractivity contribution >= 4 is 46.8 Å². The van der Waals surface area contributed by atoms with Gasteiger partial charge >= 0.3 is 6.09 Å². The lowest BCUT2D eigenvalue weighted by Gasteiger charge is -2.31. The van der Waals surface area contributed by atoms with Crippen LogP contribution in [0.1, 0.15) is 23.2 Å². The van der Waals surface area contributed by atoms with Gasteiger partial charge in [-0.1, -0.05) is 23.2 Å². The van der Waals surface area contributed by atoms with Gasteiger partial charge in [0, 0.05) is 24.7 Å². The van der Waals surface area contributed by atoms with Crippen LogP contribution in [0.3, 0.4) is 0 Å². The molecule has 1 heterocycles. The molecule has 0 bridgehead atoms.